The second-order valence-electron chi connectivity index (χ2n) is 3.65. The molecule has 0 bridgehead atoms. The number of nitrogens with two attached hydrogens (primary N) is 1. The first kappa shape index (κ1) is 17.9. The zero-order valence-electron chi connectivity index (χ0n) is 11.9. The molecular formula is C12H20N4O4. The molecule has 0 saturated heterocycles. The molecule has 0 aliphatic carbocycles. The van der Waals surface area contributed by atoms with Gasteiger partial charge in [0.2, 0.25) is 0 Å². The minimum atomic E-state index is -1.02. The lowest BCUT2D eigenvalue weighted by atomic mass is 10.2. The Kier molecular flexibility index (Phi) is 8.74. The molecule has 0 aliphatic rings. The molecule has 0 unspecified atom stereocenters. The van der Waals surface area contributed by atoms with Crippen LogP contribution in [0.25, 0.3) is 0 Å². The molecule has 20 heavy (non-hydrogen) atoms. The number of rotatable bonds is 8. The average Bonchev–Trinajstić information content (AvgIpc) is 2.36. The SMILES string of the molecule is CCOC(CNC(C)=C(C#N)C(=O)NC(N)=O)OCC. The summed E-state index contributed by atoms with van der Waals surface area (Å²) in [6.45, 7) is 6.41. The van der Waals surface area contributed by atoms with Crippen molar-refractivity contribution in [3.8, 4) is 6.07 Å². The van der Waals surface area contributed by atoms with Crippen molar-refractivity contribution in [2.24, 2.45) is 5.73 Å². The molecule has 0 fully saturated rings. The highest BCUT2D eigenvalue weighted by atomic mass is 16.7. The van der Waals surface area contributed by atoms with Crippen molar-refractivity contribution in [2.45, 2.75) is 27.1 Å². The van der Waals surface area contributed by atoms with Crippen LogP contribution in [-0.2, 0) is 14.3 Å². The molecule has 0 aliphatic heterocycles. The van der Waals surface area contributed by atoms with Crippen molar-refractivity contribution in [3.05, 3.63) is 11.3 Å². The van der Waals surface area contributed by atoms with E-state index in [-0.39, 0.29) is 12.1 Å². The van der Waals surface area contributed by atoms with E-state index >= 15 is 0 Å². The molecule has 0 rings (SSSR count). The van der Waals surface area contributed by atoms with Gasteiger partial charge in [-0.25, -0.2) is 4.79 Å². The zero-order valence-corrected chi connectivity index (χ0v) is 11.9. The first-order valence-corrected chi connectivity index (χ1v) is 6.15. The van der Waals surface area contributed by atoms with Gasteiger partial charge in [-0.3, -0.25) is 10.1 Å². The molecule has 0 aromatic heterocycles. The first-order valence-electron chi connectivity index (χ1n) is 6.15. The second kappa shape index (κ2) is 9.77. The van der Waals surface area contributed by atoms with Crippen LogP contribution in [-0.4, -0.2) is 38.0 Å². The summed E-state index contributed by atoms with van der Waals surface area (Å²) in [5.41, 5.74) is 4.90. The van der Waals surface area contributed by atoms with Gasteiger partial charge in [-0.1, -0.05) is 0 Å². The number of imide groups is 1. The van der Waals surface area contributed by atoms with Gasteiger partial charge in [-0.05, 0) is 20.8 Å². The summed E-state index contributed by atoms with van der Waals surface area (Å²) in [4.78, 5) is 22.1. The smallest absolute Gasteiger partial charge is 0.319 e. The highest BCUT2D eigenvalue weighted by Crippen LogP contribution is 2.02. The Balaban J connectivity index is 4.69. The minimum Gasteiger partial charge on any atom is -0.382 e. The lowest BCUT2D eigenvalue weighted by molar-refractivity contribution is -0.132. The van der Waals surface area contributed by atoms with E-state index in [9.17, 15) is 9.59 Å². The summed E-state index contributed by atoms with van der Waals surface area (Å²) in [6.07, 6.45) is -0.487. The summed E-state index contributed by atoms with van der Waals surface area (Å²) >= 11 is 0. The van der Waals surface area contributed by atoms with E-state index in [1.165, 1.54) is 6.92 Å². The molecule has 0 atom stereocenters. The predicted molar refractivity (Wildman–Crippen MR) is 71.1 cm³/mol. The number of hydrogen-bond acceptors (Lipinski definition) is 6. The lowest BCUT2D eigenvalue weighted by Gasteiger charge is -2.18. The maximum Gasteiger partial charge on any atom is 0.319 e. The third kappa shape index (κ3) is 6.72. The molecule has 3 amide bonds. The largest absolute Gasteiger partial charge is 0.382 e. The number of nitrogens with zero attached hydrogens (tertiary/aromatic N) is 1. The zero-order chi connectivity index (χ0) is 15.5. The van der Waals surface area contributed by atoms with Crippen LogP contribution in [0.5, 0.6) is 0 Å². The first-order chi connectivity index (χ1) is 9.46. The monoisotopic (exact) mass is 284 g/mol. The summed E-state index contributed by atoms with van der Waals surface area (Å²) in [5.74, 6) is -0.852. The molecule has 0 spiro atoms. The van der Waals surface area contributed by atoms with Crippen LogP contribution in [0.15, 0.2) is 11.3 Å². The Morgan fingerprint density at radius 2 is 1.85 bits per heavy atom. The Bertz CT molecular complexity index is 408. The number of allylic oxidation sites excluding steroid dienone is 1. The molecule has 0 aromatic carbocycles. The van der Waals surface area contributed by atoms with E-state index in [1.54, 1.807) is 6.07 Å². The molecule has 0 saturated carbocycles. The minimum absolute atomic E-state index is 0.226. The van der Waals surface area contributed by atoms with Crippen LogP contribution in [0, 0.1) is 11.3 Å². The normalized spacial score (nSPS) is 11.6. The third-order valence-corrected chi connectivity index (χ3v) is 2.19. The highest BCUT2D eigenvalue weighted by molar-refractivity contribution is 6.06. The number of nitrogens with one attached hydrogen (secondary N) is 2. The Morgan fingerprint density at radius 3 is 2.25 bits per heavy atom. The Hall–Kier alpha value is -2.11. The Morgan fingerprint density at radius 1 is 1.30 bits per heavy atom. The van der Waals surface area contributed by atoms with Crippen molar-refractivity contribution in [3.63, 3.8) is 0 Å². The van der Waals surface area contributed by atoms with Gasteiger partial charge in [0, 0.05) is 18.9 Å². The maximum atomic E-state index is 11.5. The number of carbonyl (C=O) groups is 2. The fourth-order valence-corrected chi connectivity index (χ4v) is 1.34. The number of primary amides is 1. The molecule has 0 aromatic rings. The topological polar surface area (TPSA) is 126 Å². The van der Waals surface area contributed by atoms with Gasteiger partial charge in [0.15, 0.2) is 6.29 Å². The van der Waals surface area contributed by atoms with Gasteiger partial charge in [0.1, 0.15) is 11.6 Å². The summed E-state index contributed by atoms with van der Waals surface area (Å²) in [6, 6.07) is 0.694. The van der Waals surface area contributed by atoms with E-state index < -0.39 is 18.2 Å². The standard InChI is InChI=1S/C12H20N4O4/c1-4-19-10(20-5-2)7-15-8(3)9(6-13)11(17)16-12(14)18/h10,15H,4-5,7H2,1-3H3,(H3,14,16,17,18). The number of urea groups is 1. The maximum absolute atomic E-state index is 11.5. The fraction of sp³-hybridized carbons (Fsp3) is 0.583. The van der Waals surface area contributed by atoms with Gasteiger partial charge in [-0.2, -0.15) is 5.26 Å². The number of nitriles is 1. The second-order valence-corrected chi connectivity index (χ2v) is 3.65. The average molecular weight is 284 g/mol. The van der Waals surface area contributed by atoms with Gasteiger partial charge < -0.3 is 20.5 Å². The quantitative estimate of drug-likeness (QED) is 0.326. The van der Waals surface area contributed by atoms with E-state index in [4.69, 9.17) is 20.5 Å². The number of carbonyl (C=O) groups excluding carboxylic acids is 2. The molecule has 0 radical (unpaired) electrons. The van der Waals surface area contributed by atoms with Crippen LogP contribution in [0.3, 0.4) is 0 Å². The van der Waals surface area contributed by atoms with Crippen molar-refractivity contribution in [2.75, 3.05) is 19.8 Å². The van der Waals surface area contributed by atoms with Crippen molar-refractivity contribution in [1.82, 2.24) is 10.6 Å². The van der Waals surface area contributed by atoms with Crippen LogP contribution in [0.1, 0.15) is 20.8 Å². The predicted octanol–water partition coefficient (Wildman–Crippen LogP) is -0.0324. The molecule has 112 valence electrons. The fourth-order valence-electron chi connectivity index (χ4n) is 1.34. The Labute approximate surface area is 117 Å². The number of hydrogen-bond donors (Lipinski definition) is 3. The lowest BCUT2D eigenvalue weighted by Crippen LogP contribution is -2.37. The van der Waals surface area contributed by atoms with Crippen LogP contribution < -0.4 is 16.4 Å². The van der Waals surface area contributed by atoms with E-state index in [0.29, 0.717) is 18.9 Å². The molecule has 4 N–H and O–H groups in total. The number of ether oxygens (including phenoxy) is 2. The van der Waals surface area contributed by atoms with E-state index in [0.717, 1.165) is 0 Å². The summed E-state index contributed by atoms with van der Waals surface area (Å²) < 4.78 is 10.6. The van der Waals surface area contributed by atoms with Crippen molar-refractivity contribution < 1.29 is 19.1 Å². The van der Waals surface area contributed by atoms with E-state index in [1.807, 2.05) is 19.2 Å². The molecular weight excluding hydrogens is 264 g/mol. The highest BCUT2D eigenvalue weighted by Gasteiger charge is 2.15. The van der Waals surface area contributed by atoms with Crippen molar-refractivity contribution in [1.29, 1.82) is 5.26 Å². The van der Waals surface area contributed by atoms with Crippen LogP contribution in [0.4, 0.5) is 4.79 Å². The molecule has 8 nitrogen and oxygen atoms in total. The van der Waals surface area contributed by atoms with Crippen LogP contribution >= 0.6 is 0 Å². The van der Waals surface area contributed by atoms with Gasteiger partial charge in [0.25, 0.3) is 5.91 Å². The van der Waals surface area contributed by atoms with Gasteiger partial charge in [-0.15, -0.1) is 0 Å². The van der Waals surface area contributed by atoms with Gasteiger partial charge >= 0.3 is 6.03 Å². The third-order valence-electron chi connectivity index (χ3n) is 2.19. The van der Waals surface area contributed by atoms with E-state index in [2.05, 4.69) is 5.32 Å². The molecule has 8 heteroatoms. The van der Waals surface area contributed by atoms with Crippen molar-refractivity contribution >= 4 is 11.9 Å². The summed E-state index contributed by atoms with van der Waals surface area (Å²) in [5, 5.41) is 13.6. The van der Waals surface area contributed by atoms with Crippen LogP contribution in [0.2, 0.25) is 0 Å². The molecule has 0 heterocycles. The number of amides is 3. The van der Waals surface area contributed by atoms with Gasteiger partial charge in [0.05, 0.1) is 6.54 Å². The summed E-state index contributed by atoms with van der Waals surface area (Å²) in [7, 11) is 0.